The highest BCUT2D eigenvalue weighted by Crippen LogP contribution is 2.16. The number of ether oxygens (including phenoxy) is 1. The van der Waals surface area contributed by atoms with Crippen LogP contribution < -0.4 is 15.8 Å². The Morgan fingerprint density at radius 1 is 1.38 bits per heavy atom. The van der Waals surface area contributed by atoms with Crippen molar-refractivity contribution in [2.24, 2.45) is 17.6 Å². The lowest BCUT2D eigenvalue weighted by molar-refractivity contribution is -0.125. The number of hydrogen-bond acceptors (Lipinski definition) is 4. The second-order valence-corrected chi connectivity index (χ2v) is 5.91. The highest BCUT2D eigenvalue weighted by Gasteiger charge is 2.18. The molecule has 0 fully saturated rings. The van der Waals surface area contributed by atoms with Gasteiger partial charge in [-0.2, -0.15) is 0 Å². The molecule has 0 bridgehead atoms. The number of rotatable bonds is 8. The zero-order valence-corrected chi connectivity index (χ0v) is 13.4. The average Bonchev–Trinajstić information content (AvgIpc) is 2.42. The normalized spacial score (nSPS) is 12.5. The van der Waals surface area contributed by atoms with E-state index in [2.05, 4.69) is 24.1 Å². The minimum absolute atomic E-state index is 0.00875. The third kappa shape index (κ3) is 6.12. The molecule has 1 aromatic rings. The number of nitrogens with two attached hydrogens (primary N) is 1. The van der Waals surface area contributed by atoms with Gasteiger partial charge in [0.15, 0.2) is 0 Å². The quantitative estimate of drug-likeness (QED) is 0.769. The number of pyridine rings is 1. The minimum atomic E-state index is -0.142. The van der Waals surface area contributed by atoms with E-state index in [-0.39, 0.29) is 17.9 Å². The lowest BCUT2D eigenvalue weighted by Gasteiger charge is -2.18. The first-order valence-electron chi connectivity index (χ1n) is 7.52. The molecule has 0 radical (unpaired) electrons. The molecular formula is C16H27N3O2. The Labute approximate surface area is 127 Å². The topological polar surface area (TPSA) is 77.2 Å². The molecule has 118 valence electrons. The molecule has 0 aromatic carbocycles. The summed E-state index contributed by atoms with van der Waals surface area (Å²) in [6, 6.07) is 3.74. The molecule has 1 unspecified atom stereocenters. The number of amides is 1. The number of nitrogens with one attached hydrogen (secondary N) is 1. The molecule has 21 heavy (non-hydrogen) atoms. The maximum absolute atomic E-state index is 12.2. The smallest absolute Gasteiger partial charge is 0.224 e. The summed E-state index contributed by atoms with van der Waals surface area (Å²) in [4.78, 5) is 16.4. The summed E-state index contributed by atoms with van der Waals surface area (Å²) < 4.78 is 5.64. The first-order chi connectivity index (χ1) is 9.93. The predicted molar refractivity (Wildman–Crippen MR) is 83.8 cm³/mol. The molecule has 0 aliphatic heterocycles. The van der Waals surface area contributed by atoms with Gasteiger partial charge in [0.25, 0.3) is 0 Å². The van der Waals surface area contributed by atoms with E-state index in [4.69, 9.17) is 10.5 Å². The van der Waals surface area contributed by atoms with Crippen LogP contribution in [0.25, 0.3) is 0 Å². The van der Waals surface area contributed by atoms with Gasteiger partial charge < -0.3 is 15.8 Å². The monoisotopic (exact) mass is 293 g/mol. The lowest BCUT2D eigenvalue weighted by atomic mass is 9.96. The van der Waals surface area contributed by atoms with Gasteiger partial charge in [-0.15, -0.1) is 0 Å². The molecule has 0 saturated heterocycles. The largest absolute Gasteiger partial charge is 0.475 e. The fraction of sp³-hybridized carbons (Fsp3) is 0.625. The van der Waals surface area contributed by atoms with Crippen LogP contribution in [0.2, 0.25) is 0 Å². The summed E-state index contributed by atoms with van der Waals surface area (Å²) in [5.74, 6) is 0.866. The first kappa shape index (κ1) is 17.4. The molecule has 1 rings (SSSR count). The van der Waals surface area contributed by atoms with E-state index in [0.29, 0.717) is 24.9 Å². The van der Waals surface area contributed by atoms with Crippen LogP contribution in [0.1, 0.15) is 39.7 Å². The summed E-state index contributed by atoms with van der Waals surface area (Å²) in [5.41, 5.74) is 6.56. The van der Waals surface area contributed by atoms with Crippen LogP contribution in [0.5, 0.6) is 5.88 Å². The van der Waals surface area contributed by atoms with Gasteiger partial charge in [0.1, 0.15) is 0 Å². The molecule has 5 heteroatoms. The Hall–Kier alpha value is -1.62. The van der Waals surface area contributed by atoms with Crippen molar-refractivity contribution in [1.82, 2.24) is 10.3 Å². The van der Waals surface area contributed by atoms with Gasteiger partial charge in [0.2, 0.25) is 11.8 Å². The van der Waals surface area contributed by atoms with Crippen molar-refractivity contribution in [3.05, 3.63) is 23.9 Å². The molecule has 5 nitrogen and oxygen atoms in total. The lowest BCUT2D eigenvalue weighted by Crippen LogP contribution is -2.35. The van der Waals surface area contributed by atoms with Crippen molar-refractivity contribution in [2.75, 3.05) is 6.54 Å². The van der Waals surface area contributed by atoms with Crippen molar-refractivity contribution in [3.8, 4) is 5.88 Å². The molecule has 1 aromatic heterocycles. The Balaban J connectivity index is 2.64. The van der Waals surface area contributed by atoms with E-state index in [1.165, 1.54) is 0 Å². The summed E-state index contributed by atoms with van der Waals surface area (Å²) in [5, 5.41) is 2.93. The highest BCUT2D eigenvalue weighted by atomic mass is 16.5. The van der Waals surface area contributed by atoms with Gasteiger partial charge in [0.05, 0.1) is 12.0 Å². The molecule has 3 N–H and O–H groups in total. The second kappa shape index (κ2) is 8.62. The maximum atomic E-state index is 12.2. The van der Waals surface area contributed by atoms with E-state index in [9.17, 15) is 4.79 Å². The fourth-order valence-electron chi connectivity index (χ4n) is 2.09. The Bertz CT molecular complexity index is 447. The zero-order valence-electron chi connectivity index (χ0n) is 13.4. The number of carbonyl (C=O) groups is 1. The third-order valence-corrected chi connectivity index (χ3v) is 3.06. The summed E-state index contributed by atoms with van der Waals surface area (Å²) in [6.07, 6.45) is 2.53. The molecule has 0 aliphatic carbocycles. The van der Waals surface area contributed by atoms with E-state index >= 15 is 0 Å². The van der Waals surface area contributed by atoms with Crippen LogP contribution in [-0.2, 0) is 11.3 Å². The summed E-state index contributed by atoms with van der Waals surface area (Å²) in [6.45, 7) is 8.85. The van der Waals surface area contributed by atoms with Crippen molar-refractivity contribution in [3.63, 3.8) is 0 Å². The molecule has 1 amide bonds. The molecule has 0 aliphatic rings. The first-order valence-corrected chi connectivity index (χ1v) is 7.52. The van der Waals surface area contributed by atoms with E-state index < -0.39 is 0 Å². The van der Waals surface area contributed by atoms with Gasteiger partial charge >= 0.3 is 0 Å². The van der Waals surface area contributed by atoms with E-state index in [1.54, 1.807) is 6.20 Å². The van der Waals surface area contributed by atoms with Crippen LogP contribution in [0.15, 0.2) is 18.3 Å². The van der Waals surface area contributed by atoms with Crippen LogP contribution in [0.4, 0.5) is 0 Å². The summed E-state index contributed by atoms with van der Waals surface area (Å²) in [7, 11) is 0. The predicted octanol–water partition coefficient (Wildman–Crippen LogP) is 2.11. The second-order valence-electron chi connectivity index (χ2n) is 5.91. The van der Waals surface area contributed by atoms with Gasteiger partial charge in [0, 0.05) is 24.8 Å². The molecule has 0 spiro atoms. The Morgan fingerprint density at radius 3 is 2.67 bits per heavy atom. The van der Waals surface area contributed by atoms with Crippen LogP contribution >= 0.6 is 0 Å². The number of aromatic nitrogens is 1. The Kier molecular flexibility index (Phi) is 7.15. The van der Waals surface area contributed by atoms with Crippen LogP contribution in [0.3, 0.4) is 0 Å². The Morgan fingerprint density at radius 2 is 2.10 bits per heavy atom. The van der Waals surface area contributed by atoms with Gasteiger partial charge in [-0.1, -0.05) is 19.9 Å². The summed E-state index contributed by atoms with van der Waals surface area (Å²) >= 11 is 0. The fourth-order valence-corrected chi connectivity index (χ4v) is 2.09. The van der Waals surface area contributed by atoms with Crippen molar-refractivity contribution in [1.29, 1.82) is 0 Å². The van der Waals surface area contributed by atoms with Crippen molar-refractivity contribution in [2.45, 2.75) is 46.8 Å². The minimum Gasteiger partial charge on any atom is -0.475 e. The van der Waals surface area contributed by atoms with Crippen molar-refractivity contribution >= 4 is 5.91 Å². The average molecular weight is 293 g/mol. The van der Waals surface area contributed by atoms with Crippen LogP contribution in [0, 0.1) is 11.8 Å². The molecule has 1 heterocycles. The SMILES string of the molecule is CC(C)CC(CN)C(=O)NCc1cccnc1OC(C)C. The standard InChI is InChI=1S/C16H27N3O2/c1-11(2)8-14(9-17)15(20)19-10-13-6-5-7-18-16(13)21-12(3)4/h5-7,11-12,14H,8-10,17H2,1-4H3,(H,19,20). The van der Waals surface area contributed by atoms with E-state index in [1.807, 2.05) is 26.0 Å². The van der Waals surface area contributed by atoms with Crippen molar-refractivity contribution < 1.29 is 9.53 Å². The van der Waals surface area contributed by atoms with Gasteiger partial charge in [-0.05, 0) is 32.3 Å². The highest BCUT2D eigenvalue weighted by molar-refractivity contribution is 5.78. The molecular weight excluding hydrogens is 266 g/mol. The number of nitrogens with zero attached hydrogens (tertiary/aromatic N) is 1. The van der Waals surface area contributed by atoms with Gasteiger partial charge in [-0.25, -0.2) is 4.98 Å². The number of carbonyl (C=O) groups excluding carboxylic acids is 1. The number of hydrogen-bond donors (Lipinski definition) is 2. The molecule has 1 atom stereocenters. The zero-order chi connectivity index (χ0) is 15.8. The van der Waals surface area contributed by atoms with Crippen LogP contribution in [-0.4, -0.2) is 23.5 Å². The van der Waals surface area contributed by atoms with E-state index in [0.717, 1.165) is 12.0 Å². The molecule has 0 saturated carbocycles. The third-order valence-electron chi connectivity index (χ3n) is 3.06. The van der Waals surface area contributed by atoms with Gasteiger partial charge in [-0.3, -0.25) is 4.79 Å². The maximum Gasteiger partial charge on any atom is 0.224 e.